The number of nitrogens with one attached hydrogen (secondary N) is 1. The second kappa shape index (κ2) is 12.9. The topological polar surface area (TPSA) is 63.0 Å². The third kappa shape index (κ3) is 5.17. The maximum atomic E-state index is 6.79. The van der Waals surface area contributed by atoms with Gasteiger partial charge in [-0.15, -0.1) is 0 Å². The first-order chi connectivity index (χ1) is 28.7. The van der Waals surface area contributed by atoms with Crippen molar-refractivity contribution in [1.82, 2.24) is 5.32 Å². The lowest BCUT2D eigenvalue weighted by atomic mass is 9.95. The summed E-state index contributed by atoms with van der Waals surface area (Å²) < 4.78 is 13.1. The average molecular weight is 744 g/mol. The molecule has 11 aromatic rings. The van der Waals surface area contributed by atoms with E-state index < -0.39 is 0 Å². The van der Waals surface area contributed by atoms with Crippen LogP contribution in [0.1, 0.15) is 22.9 Å². The van der Waals surface area contributed by atoms with Gasteiger partial charge >= 0.3 is 0 Å². The number of fused-ring (bicyclic) bond motifs is 9. The van der Waals surface area contributed by atoms with Crippen LogP contribution in [0.5, 0.6) is 0 Å². The van der Waals surface area contributed by atoms with Crippen molar-refractivity contribution in [2.45, 2.75) is 6.17 Å². The Morgan fingerprint density at radius 1 is 0.414 bits per heavy atom. The molecular formula is C53H33N3O2. The van der Waals surface area contributed by atoms with Crippen molar-refractivity contribution in [2.24, 2.45) is 9.98 Å². The molecule has 58 heavy (non-hydrogen) atoms. The SMILES string of the molecule is c1ccc(C2N=C(c3ccc4ccc5ccccc5c4c3)N=C(c3cccc(-c4cccc5oc6c(-c7cccc8oc9ccccc9c78)cccc6c45)c3)N2)cc1. The Hall–Kier alpha value is -7.76. The lowest BCUT2D eigenvalue weighted by Gasteiger charge is -2.24. The molecule has 1 N–H and O–H groups in total. The Bertz CT molecular complexity index is 3500. The summed E-state index contributed by atoms with van der Waals surface area (Å²) in [5.41, 5.74) is 10.7. The highest BCUT2D eigenvalue weighted by Gasteiger charge is 2.23. The number of hydrogen-bond donors (Lipinski definition) is 1. The molecule has 1 unspecified atom stereocenters. The van der Waals surface area contributed by atoms with Crippen molar-refractivity contribution in [2.75, 3.05) is 0 Å². The maximum Gasteiger partial charge on any atom is 0.159 e. The highest BCUT2D eigenvalue weighted by molar-refractivity contribution is 6.20. The molecule has 272 valence electrons. The van der Waals surface area contributed by atoms with Crippen LogP contribution in [0, 0.1) is 0 Å². The second-order valence-electron chi connectivity index (χ2n) is 14.9. The molecule has 12 rings (SSSR count). The van der Waals surface area contributed by atoms with Crippen LogP contribution in [0.4, 0.5) is 0 Å². The third-order valence-electron chi connectivity index (χ3n) is 11.5. The number of hydrogen-bond acceptors (Lipinski definition) is 5. The Labute approximate surface area is 333 Å². The second-order valence-corrected chi connectivity index (χ2v) is 14.9. The molecule has 1 aliphatic rings. The van der Waals surface area contributed by atoms with Crippen molar-refractivity contribution >= 4 is 77.1 Å². The molecule has 9 aromatic carbocycles. The molecule has 3 heterocycles. The van der Waals surface area contributed by atoms with E-state index in [1.54, 1.807) is 0 Å². The van der Waals surface area contributed by atoms with Crippen molar-refractivity contribution in [3.63, 3.8) is 0 Å². The molecular weight excluding hydrogens is 711 g/mol. The van der Waals surface area contributed by atoms with E-state index in [9.17, 15) is 0 Å². The average Bonchev–Trinajstić information content (AvgIpc) is 3.88. The van der Waals surface area contributed by atoms with Gasteiger partial charge in [-0.05, 0) is 74.1 Å². The zero-order valence-electron chi connectivity index (χ0n) is 31.2. The van der Waals surface area contributed by atoms with Crippen molar-refractivity contribution in [3.8, 4) is 22.3 Å². The summed E-state index contributed by atoms with van der Waals surface area (Å²) in [5, 5.41) is 12.8. The molecule has 2 aromatic heterocycles. The normalized spacial score (nSPS) is 14.4. The lowest BCUT2D eigenvalue weighted by Crippen LogP contribution is -2.33. The highest BCUT2D eigenvalue weighted by atomic mass is 16.3. The summed E-state index contributed by atoms with van der Waals surface area (Å²) in [5.74, 6) is 1.46. The monoisotopic (exact) mass is 743 g/mol. The van der Waals surface area contributed by atoms with E-state index in [0.29, 0.717) is 5.84 Å². The summed E-state index contributed by atoms with van der Waals surface area (Å²) in [6.45, 7) is 0. The van der Waals surface area contributed by atoms with Crippen LogP contribution in [0.3, 0.4) is 0 Å². The van der Waals surface area contributed by atoms with E-state index in [0.717, 1.165) is 88.7 Å². The first kappa shape index (κ1) is 32.5. The standard InChI is InChI=1S/C53H33N3O2/c1-2-13-34(14-3-1)51-54-52(56-53(55-51)37-29-28-33-27-26-32-12-4-5-17-38(32)44(33)31-37)36-16-8-15-35(30-36)39-19-10-25-47-48(39)43-22-9-21-41(50(43)58-47)40-20-11-24-46-49(40)42-18-6-7-23-45(42)57-46/h1-31,51H,(H,54,55,56). The fraction of sp³-hybridized carbons (Fsp3) is 0.0189. The van der Waals surface area contributed by atoms with Gasteiger partial charge in [-0.2, -0.15) is 0 Å². The fourth-order valence-corrected chi connectivity index (χ4v) is 8.81. The summed E-state index contributed by atoms with van der Waals surface area (Å²) in [7, 11) is 0. The molecule has 5 heteroatoms. The van der Waals surface area contributed by atoms with Gasteiger partial charge in [0.05, 0.1) is 0 Å². The van der Waals surface area contributed by atoms with Gasteiger partial charge in [0.15, 0.2) is 5.84 Å². The number of amidine groups is 2. The molecule has 0 spiro atoms. The first-order valence-electron chi connectivity index (χ1n) is 19.6. The first-order valence-corrected chi connectivity index (χ1v) is 19.6. The molecule has 0 saturated carbocycles. The number of aliphatic imine (C=N–C) groups is 2. The summed E-state index contributed by atoms with van der Waals surface area (Å²) in [6.07, 6.45) is -0.313. The number of furan rings is 2. The summed E-state index contributed by atoms with van der Waals surface area (Å²) in [6, 6.07) is 65.7. The van der Waals surface area contributed by atoms with E-state index >= 15 is 0 Å². The number of benzene rings is 9. The van der Waals surface area contributed by atoms with Crippen LogP contribution in [0.15, 0.2) is 207 Å². The van der Waals surface area contributed by atoms with Gasteiger partial charge in [0.2, 0.25) is 0 Å². The van der Waals surface area contributed by atoms with Crippen molar-refractivity contribution in [3.05, 3.63) is 205 Å². The lowest BCUT2D eigenvalue weighted by molar-refractivity contribution is 0.668. The van der Waals surface area contributed by atoms with E-state index in [1.807, 2.05) is 24.3 Å². The highest BCUT2D eigenvalue weighted by Crippen LogP contribution is 2.44. The quantitative estimate of drug-likeness (QED) is 0.179. The van der Waals surface area contributed by atoms with E-state index in [2.05, 4.69) is 169 Å². The molecule has 0 fully saturated rings. The molecule has 0 aliphatic carbocycles. The molecule has 5 nitrogen and oxygen atoms in total. The van der Waals surface area contributed by atoms with Gasteiger partial charge in [0, 0.05) is 38.2 Å². The Kier molecular flexibility index (Phi) is 7.23. The van der Waals surface area contributed by atoms with Gasteiger partial charge in [0.25, 0.3) is 0 Å². The smallest absolute Gasteiger partial charge is 0.159 e. The van der Waals surface area contributed by atoms with Gasteiger partial charge in [0.1, 0.15) is 34.3 Å². The zero-order valence-corrected chi connectivity index (χ0v) is 31.2. The van der Waals surface area contributed by atoms with Crippen molar-refractivity contribution in [1.29, 1.82) is 0 Å². The van der Waals surface area contributed by atoms with Crippen LogP contribution in [-0.4, -0.2) is 11.7 Å². The predicted octanol–water partition coefficient (Wildman–Crippen LogP) is 13.6. The minimum atomic E-state index is -0.313. The zero-order chi connectivity index (χ0) is 38.2. The molecule has 0 saturated heterocycles. The van der Waals surface area contributed by atoms with Gasteiger partial charge in [-0.1, -0.05) is 158 Å². The molecule has 1 aliphatic heterocycles. The maximum absolute atomic E-state index is 6.79. The van der Waals surface area contributed by atoms with Crippen LogP contribution < -0.4 is 5.32 Å². The predicted molar refractivity (Wildman–Crippen MR) is 239 cm³/mol. The van der Waals surface area contributed by atoms with Crippen LogP contribution in [0.2, 0.25) is 0 Å². The molecule has 0 bridgehead atoms. The molecule has 0 amide bonds. The molecule has 0 radical (unpaired) electrons. The molecule has 1 atom stereocenters. The minimum Gasteiger partial charge on any atom is -0.456 e. The van der Waals surface area contributed by atoms with Gasteiger partial charge in [-0.25, -0.2) is 9.98 Å². The van der Waals surface area contributed by atoms with Crippen LogP contribution in [0.25, 0.3) is 87.7 Å². The van der Waals surface area contributed by atoms with Gasteiger partial charge < -0.3 is 14.2 Å². The van der Waals surface area contributed by atoms with E-state index in [1.165, 1.54) is 21.5 Å². The van der Waals surface area contributed by atoms with E-state index in [-0.39, 0.29) is 6.17 Å². The number of nitrogens with zero attached hydrogens (tertiary/aromatic N) is 2. The Balaban J connectivity index is 0.991. The number of rotatable bonds is 5. The number of para-hydroxylation sites is 2. The summed E-state index contributed by atoms with van der Waals surface area (Å²) in [4.78, 5) is 10.4. The van der Waals surface area contributed by atoms with Crippen LogP contribution in [-0.2, 0) is 0 Å². The summed E-state index contributed by atoms with van der Waals surface area (Å²) >= 11 is 0. The largest absolute Gasteiger partial charge is 0.456 e. The van der Waals surface area contributed by atoms with E-state index in [4.69, 9.17) is 18.8 Å². The van der Waals surface area contributed by atoms with Crippen molar-refractivity contribution < 1.29 is 8.83 Å². The van der Waals surface area contributed by atoms with Crippen LogP contribution >= 0.6 is 0 Å². The third-order valence-corrected chi connectivity index (χ3v) is 11.5. The Morgan fingerprint density at radius 3 is 1.95 bits per heavy atom. The van der Waals surface area contributed by atoms with Gasteiger partial charge in [-0.3, -0.25) is 0 Å². The fourth-order valence-electron chi connectivity index (χ4n) is 8.81. The minimum absolute atomic E-state index is 0.313. The Morgan fingerprint density at radius 2 is 1.05 bits per heavy atom.